The molecular weight excluding hydrogens is 300 g/mol. The van der Waals surface area contributed by atoms with Crippen LogP contribution in [0.3, 0.4) is 0 Å². The van der Waals surface area contributed by atoms with Crippen LogP contribution < -0.4 is 5.32 Å². The molecule has 0 saturated carbocycles. The Balaban J connectivity index is 1.95. The molecule has 1 aromatic rings. The number of carbonyl (C=O) groups is 1. The molecule has 4 nitrogen and oxygen atoms in total. The first kappa shape index (κ1) is 17.3. The minimum Gasteiger partial charge on any atom is -0.381 e. The zero-order valence-corrected chi connectivity index (χ0v) is 14.1. The molecular formula is C17H25ClN2O2. The number of piperazine rings is 1. The molecule has 1 fully saturated rings. The fourth-order valence-corrected chi connectivity index (χ4v) is 2.84. The van der Waals surface area contributed by atoms with Crippen molar-refractivity contribution in [1.82, 2.24) is 10.2 Å². The van der Waals surface area contributed by atoms with Crippen LogP contribution >= 0.6 is 11.6 Å². The van der Waals surface area contributed by atoms with Gasteiger partial charge in [-0.3, -0.25) is 4.79 Å². The number of nitrogens with zero attached hydrogens (tertiary/aromatic N) is 1. The van der Waals surface area contributed by atoms with Crippen LogP contribution in [0, 0.1) is 5.92 Å². The summed E-state index contributed by atoms with van der Waals surface area (Å²) in [7, 11) is 0. The second-order valence-corrected chi connectivity index (χ2v) is 6.52. The van der Waals surface area contributed by atoms with Crippen LogP contribution in [0.4, 0.5) is 0 Å². The summed E-state index contributed by atoms with van der Waals surface area (Å²) in [6.45, 7) is 7.71. The molecule has 1 saturated heterocycles. The van der Waals surface area contributed by atoms with Gasteiger partial charge in [-0.2, -0.15) is 0 Å². The van der Waals surface area contributed by atoms with E-state index in [0.717, 1.165) is 25.2 Å². The quantitative estimate of drug-likeness (QED) is 0.818. The molecule has 0 aromatic heterocycles. The number of ether oxygens (including phenoxy) is 1. The van der Waals surface area contributed by atoms with Crippen molar-refractivity contribution >= 4 is 17.5 Å². The lowest BCUT2D eigenvalue weighted by molar-refractivity contribution is -0.135. The fourth-order valence-electron chi connectivity index (χ4n) is 2.64. The molecule has 2 rings (SSSR count). The molecule has 1 unspecified atom stereocenters. The minimum atomic E-state index is 0.0463. The van der Waals surface area contributed by atoms with Crippen LogP contribution in [0.5, 0.6) is 0 Å². The number of nitrogens with one attached hydrogen (secondary N) is 1. The summed E-state index contributed by atoms with van der Waals surface area (Å²) >= 11 is 6.08. The number of rotatable bonds is 6. The van der Waals surface area contributed by atoms with E-state index >= 15 is 0 Å². The van der Waals surface area contributed by atoms with E-state index in [1.807, 2.05) is 29.2 Å². The summed E-state index contributed by atoms with van der Waals surface area (Å²) in [5, 5.41) is 4.06. The van der Waals surface area contributed by atoms with Crippen molar-refractivity contribution in [3.8, 4) is 0 Å². The summed E-state index contributed by atoms with van der Waals surface area (Å²) in [4.78, 5) is 14.4. The van der Waals surface area contributed by atoms with E-state index in [4.69, 9.17) is 16.3 Å². The van der Waals surface area contributed by atoms with Crippen molar-refractivity contribution in [2.45, 2.75) is 26.3 Å². The highest BCUT2D eigenvalue weighted by atomic mass is 35.5. The average molecular weight is 325 g/mol. The second kappa shape index (κ2) is 8.51. The van der Waals surface area contributed by atoms with Gasteiger partial charge < -0.3 is 15.0 Å². The topological polar surface area (TPSA) is 41.6 Å². The Morgan fingerprint density at radius 2 is 2.32 bits per heavy atom. The molecule has 0 aliphatic carbocycles. The van der Waals surface area contributed by atoms with Crippen LogP contribution in [-0.4, -0.2) is 43.7 Å². The molecule has 1 N–H and O–H groups in total. The van der Waals surface area contributed by atoms with E-state index in [0.29, 0.717) is 30.6 Å². The molecule has 1 atom stereocenters. The molecule has 22 heavy (non-hydrogen) atoms. The molecule has 0 bridgehead atoms. The van der Waals surface area contributed by atoms with Gasteiger partial charge in [-0.15, -0.1) is 0 Å². The molecule has 1 aliphatic rings. The normalized spacial score (nSPS) is 18.7. The molecule has 1 amide bonds. The van der Waals surface area contributed by atoms with Crippen LogP contribution in [0.25, 0.3) is 0 Å². The Hall–Kier alpha value is -1.10. The SMILES string of the molecule is CC(C)COCCC(=O)N1CCNCC1c1cccc(Cl)c1. The third-order valence-electron chi connectivity index (χ3n) is 3.71. The molecule has 1 heterocycles. The highest BCUT2D eigenvalue weighted by Gasteiger charge is 2.27. The van der Waals surface area contributed by atoms with Crippen molar-refractivity contribution in [3.63, 3.8) is 0 Å². The zero-order chi connectivity index (χ0) is 15.9. The lowest BCUT2D eigenvalue weighted by Crippen LogP contribution is -2.48. The molecule has 0 radical (unpaired) electrons. The molecule has 1 aromatic carbocycles. The van der Waals surface area contributed by atoms with Gasteiger partial charge in [-0.05, 0) is 23.6 Å². The van der Waals surface area contributed by atoms with E-state index in [9.17, 15) is 4.79 Å². The van der Waals surface area contributed by atoms with Gasteiger partial charge >= 0.3 is 0 Å². The number of carbonyl (C=O) groups excluding carboxylic acids is 1. The Kier molecular flexibility index (Phi) is 6.68. The second-order valence-electron chi connectivity index (χ2n) is 6.08. The Morgan fingerprint density at radius 3 is 3.05 bits per heavy atom. The summed E-state index contributed by atoms with van der Waals surface area (Å²) in [5.41, 5.74) is 1.08. The van der Waals surface area contributed by atoms with Crippen LogP contribution in [-0.2, 0) is 9.53 Å². The maximum absolute atomic E-state index is 12.5. The number of hydrogen-bond donors (Lipinski definition) is 1. The summed E-state index contributed by atoms with van der Waals surface area (Å²) in [6.07, 6.45) is 0.434. The summed E-state index contributed by atoms with van der Waals surface area (Å²) in [5.74, 6) is 0.642. The number of hydrogen-bond acceptors (Lipinski definition) is 3. The van der Waals surface area contributed by atoms with Crippen molar-refractivity contribution in [2.24, 2.45) is 5.92 Å². The van der Waals surface area contributed by atoms with Crippen LogP contribution in [0.2, 0.25) is 5.02 Å². The summed E-state index contributed by atoms with van der Waals surface area (Å²) in [6, 6.07) is 7.80. The molecule has 1 aliphatic heterocycles. The van der Waals surface area contributed by atoms with Gasteiger partial charge in [0.05, 0.1) is 19.1 Å². The lowest BCUT2D eigenvalue weighted by Gasteiger charge is -2.36. The first-order valence-electron chi connectivity index (χ1n) is 7.91. The van der Waals surface area contributed by atoms with Gasteiger partial charge in [0, 0.05) is 31.3 Å². The van der Waals surface area contributed by atoms with Gasteiger partial charge in [-0.1, -0.05) is 37.6 Å². The Labute approximate surface area is 137 Å². The highest BCUT2D eigenvalue weighted by molar-refractivity contribution is 6.30. The standard InChI is InChI=1S/C17H25ClN2O2/c1-13(2)12-22-9-6-17(21)20-8-7-19-11-16(20)14-4-3-5-15(18)10-14/h3-5,10,13,16,19H,6-9,11-12H2,1-2H3. The van der Waals surface area contributed by atoms with Crippen LogP contribution in [0.15, 0.2) is 24.3 Å². The zero-order valence-electron chi connectivity index (χ0n) is 13.3. The third-order valence-corrected chi connectivity index (χ3v) is 3.94. The minimum absolute atomic E-state index is 0.0463. The van der Waals surface area contributed by atoms with Gasteiger partial charge in [0.25, 0.3) is 0 Å². The van der Waals surface area contributed by atoms with E-state index in [-0.39, 0.29) is 11.9 Å². The van der Waals surface area contributed by atoms with Gasteiger partial charge in [0.15, 0.2) is 0 Å². The Bertz CT molecular complexity index is 493. The number of benzene rings is 1. The number of halogens is 1. The van der Waals surface area contributed by atoms with E-state index in [2.05, 4.69) is 19.2 Å². The highest BCUT2D eigenvalue weighted by Crippen LogP contribution is 2.25. The van der Waals surface area contributed by atoms with Crippen molar-refractivity contribution in [3.05, 3.63) is 34.9 Å². The third kappa shape index (κ3) is 4.97. The fraction of sp³-hybridized carbons (Fsp3) is 0.588. The molecule has 0 spiro atoms. The predicted molar refractivity (Wildman–Crippen MR) is 89.0 cm³/mol. The summed E-state index contributed by atoms with van der Waals surface area (Å²) < 4.78 is 5.53. The average Bonchev–Trinajstić information content (AvgIpc) is 2.51. The first-order valence-corrected chi connectivity index (χ1v) is 8.29. The maximum atomic E-state index is 12.5. The number of amides is 1. The van der Waals surface area contributed by atoms with Gasteiger partial charge in [-0.25, -0.2) is 0 Å². The lowest BCUT2D eigenvalue weighted by atomic mass is 10.0. The van der Waals surface area contributed by atoms with Gasteiger partial charge in [0.2, 0.25) is 5.91 Å². The monoisotopic (exact) mass is 324 g/mol. The van der Waals surface area contributed by atoms with Crippen molar-refractivity contribution in [1.29, 1.82) is 0 Å². The predicted octanol–water partition coefficient (Wildman–Crippen LogP) is 2.88. The first-order chi connectivity index (χ1) is 10.6. The Morgan fingerprint density at radius 1 is 1.50 bits per heavy atom. The largest absolute Gasteiger partial charge is 0.381 e. The van der Waals surface area contributed by atoms with Crippen molar-refractivity contribution in [2.75, 3.05) is 32.8 Å². The van der Waals surface area contributed by atoms with Crippen molar-refractivity contribution < 1.29 is 9.53 Å². The van der Waals surface area contributed by atoms with E-state index < -0.39 is 0 Å². The molecule has 5 heteroatoms. The van der Waals surface area contributed by atoms with Gasteiger partial charge in [0.1, 0.15) is 0 Å². The van der Waals surface area contributed by atoms with E-state index in [1.165, 1.54) is 0 Å². The van der Waals surface area contributed by atoms with Crippen LogP contribution in [0.1, 0.15) is 31.9 Å². The maximum Gasteiger partial charge on any atom is 0.225 e. The molecule has 122 valence electrons. The smallest absolute Gasteiger partial charge is 0.225 e. The van der Waals surface area contributed by atoms with E-state index in [1.54, 1.807) is 0 Å².